The lowest BCUT2D eigenvalue weighted by Gasteiger charge is -2.45. The molecule has 0 aliphatic heterocycles. The Morgan fingerprint density at radius 3 is 0.789 bits per heavy atom. The highest BCUT2D eigenvalue weighted by Gasteiger charge is 2.98. The monoisotopic (exact) mass is 645 g/mol. The van der Waals surface area contributed by atoms with E-state index in [1.165, 1.54) is 0 Å². The van der Waals surface area contributed by atoms with Crippen molar-refractivity contribution in [2.24, 2.45) is 5.73 Å². The van der Waals surface area contributed by atoms with E-state index in [2.05, 4.69) is 22.1 Å². The van der Waals surface area contributed by atoms with Gasteiger partial charge in [0.1, 0.15) is 0 Å². The van der Waals surface area contributed by atoms with Crippen molar-refractivity contribution >= 4 is 17.7 Å². The minimum atomic E-state index is -9.41. The average molecular weight is 646 g/mol. The number of hydrogen-bond acceptors (Lipinski definition) is 2. The zero-order chi connectivity index (χ0) is 31.8. The molecule has 2 N–H and O–H groups in total. The van der Waals surface area contributed by atoms with Crippen molar-refractivity contribution in [1.82, 2.24) is 0 Å². The van der Waals surface area contributed by atoms with Crippen LogP contribution in [-0.2, 0) is 4.74 Å². The van der Waals surface area contributed by atoms with E-state index in [0.717, 1.165) is 0 Å². The molecular formula is C12H2ClF22NO2. The summed E-state index contributed by atoms with van der Waals surface area (Å²) in [5, 5.41) is -6.59. The predicted molar refractivity (Wildman–Crippen MR) is 70.9 cm³/mol. The standard InChI is InChI=1S/C12H2ClF22NO2/c13-11(32,38-1(36)37)9(28,29)7(24,25)5(20,21)3(16,17)2(14,15)4(18,19)6(22,23)8(26,27)10(30,31)12(33,34)35/h(H2,36,37). The van der Waals surface area contributed by atoms with Crippen molar-refractivity contribution in [3.63, 3.8) is 0 Å². The molecule has 0 fully saturated rings. The molecule has 0 heterocycles. The van der Waals surface area contributed by atoms with Gasteiger partial charge in [-0.2, -0.15) is 96.6 Å². The molecule has 0 spiro atoms. The van der Waals surface area contributed by atoms with Crippen LogP contribution in [0.5, 0.6) is 0 Å². The highest BCUT2D eigenvalue weighted by molar-refractivity contribution is 6.23. The first-order chi connectivity index (χ1) is 15.9. The SMILES string of the molecule is NC(=O)OC(F)(Cl)C(F)(F)C(F)(F)C(F)(F)C(F)(F)C(F)(F)C(F)(F)C(F)(F)C(F)(F)C(F)(F)C(F)(F)F. The first-order valence-electron chi connectivity index (χ1n) is 7.75. The van der Waals surface area contributed by atoms with Crippen LogP contribution < -0.4 is 5.73 Å². The van der Waals surface area contributed by atoms with Gasteiger partial charge in [-0.3, -0.25) is 0 Å². The van der Waals surface area contributed by atoms with Gasteiger partial charge in [-0.1, -0.05) is 0 Å². The summed E-state index contributed by atoms with van der Waals surface area (Å²) in [7, 11) is 0. The predicted octanol–water partition coefficient (Wildman–Crippen LogP) is 7.22. The Morgan fingerprint density at radius 2 is 0.605 bits per heavy atom. The first kappa shape index (κ1) is 36.0. The summed E-state index contributed by atoms with van der Waals surface area (Å²) >= 11 is 3.75. The summed E-state index contributed by atoms with van der Waals surface area (Å²) < 4.78 is 291. The van der Waals surface area contributed by atoms with Crippen LogP contribution in [-0.4, -0.2) is 70.9 Å². The van der Waals surface area contributed by atoms with Crippen LogP contribution >= 0.6 is 11.6 Å². The van der Waals surface area contributed by atoms with E-state index in [4.69, 9.17) is 0 Å². The molecule has 0 bridgehead atoms. The third-order valence-corrected chi connectivity index (χ3v) is 4.42. The molecule has 0 aromatic carbocycles. The average Bonchev–Trinajstić information content (AvgIpc) is 2.64. The van der Waals surface area contributed by atoms with E-state index in [0.29, 0.717) is 0 Å². The second-order valence-electron chi connectivity index (χ2n) is 6.61. The number of primary amides is 1. The van der Waals surface area contributed by atoms with Gasteiger partial charge in [0.05, 0.1) is 0 Å². The molecule has 0 aliphatic carbocycles. The van der Waals surface area contributed by atoms with Gasteiger partial charge < -0.3 is 10.5 Å². The Balaban J connectivity index is 7.20. The molecule has 38 heavy (non-hydrogen) atoms. The van der Waals surface area contributed by atoms with Gasteiger partial charge in [0.25, 0.3) is 0 Å². The van der Waals surface area contributed by atoms with Gasteiger partial charge in [-0.25, -0.2) is 4.79 Å². The normalized spacial score (nSPS) is 17.8. The lowest BCUT2D eigenvalue weighted by molar-refractivity contribution is -0.477. The van der Waals surface area contributed by atoms with E-state index >= 15 is 0 Å². The molecule has 0 radical (unpaired) electrons. The number of carbonyl (C=O) groups excluding carboxylic acids is 1. The van der Waals surface area contributed by atoms with Crippen LogP contribution in [0, 0.1) is 0 Å². The molecular weight excluding hydrogens is 644 g/mol. The minimum Gasteiger partial charge on any atom is -0.393 e. The largest absolute Gasteiger partial charge is 0.460 e. The van der Waals surface area contributed by atoms with Crippen LogP contribution in [0.15, 0.2) is 0 Å². The van der Waals surface area contributed by atoms with Gasteiger partial charge in [-0.15, -0.1) is 0 Å². The molecule has 3 nitrogen and oxygen atoms in total. The second-order valence-corrected chi connectivity index (χ2v) is 7.09. The lowest BCUT2D eigenvalue weighted by Crippen LogP contribution is -2.77. The number of halogens is 23. The number of carbonyl (C=O) groups is 1. The number of amides is 1. The van der Waals surface area contributed by atoms with Crippen LogP contribution in [0.4, 0.5) is 101 Å². The van der Waals surface area contributed by atoms with E-state index < -0.39 is 70.9 Å². The fraction of sp³-hybridized carbons (Fsp3) is 0.917. The summed E-state index contributed by atoms with van der Waals surface area (Å²) in [4.78, 5) is 10.1. The molecule has 1 unspecified atom stereocenters. The first-order valence-corrected chi connectivity index (χ1v) is 8.13. The summed E-state index contributed by atoms with van der Waals surface area (Å²) in [6.45, 7) is 0. The van der Waals surface area contributed by atoms with Gasteiger partial charge in [0.2, 0.25) is 0 Å². The Morgan fingerprint density at radius 1 is 0.421 bits per heavy atom. The number of rotatable bonds is 10. The quantitative estimate of drug-likeness (QED) is 0.202. The van der Waals surface area contributed by atoms with Crippen molar-refractivity contribution in [2.75, 3.05) is 0 Å². The molecule has 0 saturated heterocycles. The number of hydrogen-bond donors (Lipinski definition) is 1. The van der Waals surface area contributed by atoms with Crippen LogP contribution in [0.25, 0.3) is 0 Å². The topological polar surface area (TPSA) is 52.3 Å². The molecule has 0 aliphatic rings. The molecule has 228 valence electrons. The summed E-state index contributed by atoms with van der Waals surface area (Å²) in [6.07, 6.45) is -11.2. The molecule has 1 amide bonds. The molecule has 0 saturated carbocycles. The Hall–Kier alpha value is -1.98. The van der Waals surface area contributed by atoms with Crippen LogP contribution in [0.2, 0.25) is 0 Å². The van der Waals surface area contributed by atoms with Crippen molar-refractivity contribution in [3.8, 4) is 0 Å². The van der Waals surface area contributed by atoms with Gasteiger partial charge in [0.15, 0.2) is 0 Å². The maximum atomic E-state index is 13.5. The van der Waals surface area contributed by atoms with Crippen molar-refractivity contribution < 1.29 is 106 Å². The number of nitrogens with two attached hydrogens (primary N) is 1. The molecule has 1 atom stereocenters. The Kier molecular flexibility index (Phi) is 8.30. The zero-order valence-corrected chi connectivity index (χ0v) is 16.8. The van der Waals surface area contributed by atoms with Gasteiger partial charge in [-0.05, 0) is 11.6 Å². The minimum absolute atomic E-state index is 2.30. The lowest BCUT2D eigenvalue weighted by atomic mass is 9.86. The number of ether oxygens (including phenoxy) is 1. The van der Waals surface area contributed by atoms with E-state index in [1.807, 2.05) is 0 Å². The smallest absolute Gasteiger partial charge is 0.393 e. The number of alkyl halides is 23. The third kappa shape index (κ3) is 4.29. The second kappa shape index (κ2) is 8.76. The highest BCUT2D eigenvalue weighted by Crippen LogP contribution is 2.67. The van der Waals surface area contributed by atoms with E-state index in [1.54, 1.807) is 0 Å². The molecule has 26 heteroatoms. The summed E-state index contributed by atoms with van der Waals surface area (Å²) in [5.41, 5.74) is 3.78. The van der Waals surface area contributed by atoms with E-state index in [9.17, 15) is 101 Å². The molecule has 0 aromatic heterocycles. The molecule has 0 rings (SSSR count). The maximum absolute atomic E-state index is 13.5. The van der Waals surface area contributed by atoms with E-state index in [-0.39, 0.29) is 0 Å². The molecule has 0 aromatic rings. The fourth-order valence-corrected chi connectivity index (χ4v) is 2.13. The Labute approximate surface area is 195 Å². The zero-order valence-electron chi connectivity index (χ0n) is 16.1. The van der Waals surface area contributed by atoms with Gasteiger partial charge in [0, 0.05) is 0 Å². The fourth-order valence-electron chi connectivity index (χ4n) is 1.93. The highest BCUT2D eigenvalue weighted by atomic mass is 35.5. The maximum Gasteiger partial charge on any atom is 0.460 e. The van der Waals surface area contributed by atoms with Gasteiger partial charge >= 0.3 is 70.9 Å². The Bertz CT molecular complexity index is 906. The summed E-state index contributed by atoms with van der Waals surface area (Å²) in [6, 6.07) is 0. The summed E-state index contributed by atoms with van der Waals surface area (Å²) in [5.74, 6) is -80.8. The van der Waals surface area contributed by atoms with Crippen LogP contribution in [0.1, 0.15) is 0 Å². The van der Waals surface area contributed by atoms with Crippen molar-refractivity contribution in [3.05, 3.63) is 0 Å². The van der Waals surface area contributed by atoms with Crippen molar-refractivity contribution in [2.45, 2.75) is 64.8 Å². The van der Waals surface area contributed by atoms with Crippen molar-refractivity contribution in [1.29, 1.82) is 0 Å². The third-order valence-electron chi connectivity index (χ3n) is 4.11. The van der Waals surface area contributed by atoms with Crippen LogP contribution in [0.3, 0.4) is 0 Å².